The third-order valence-corrected chi connectivity index (χ3v) is 5.01. The standard InChI is InChI=1S/C26H28/c1-7-13-17-21(11-5)26(20(9-3)10-4)24(16-8-2)22(12-6)23-18-14-15-19-25(23)26/h7-19H,1-3H2,4-6H3/b17-13-,20-10+,21-11+,22-12-,24-16+. The summed E-state index contributed by atoms with van der Waals surface area (Å²) < 4.78 is 0. The van der Waals surface area contributed by atoms with Crippen molar-refractivity contribution >= 4 is 5.57 Å². The first-order valence-corrected chi connectivity index (χ1v) is 9.02. The normalized spacial score (nSPS) is 23.5. The molecule has 0 bridgehead atoms. The number of fused-ring (bicyclic) bond motifs is 1. The summed E-state index contributed by atoms with van der Waals surface area (Å²) >= 11 is 0. The molecule has 1 atom stereocenters. The first-order valence-electron chi connectivity index (χ1n) is 9.02. The zero-order valence-corrected chi connectivity index (χ0v) is 16.1. The van der Waals surface area contributed by atoms with E-state index in [1.807, 2.05) is 24.3 Å². The van der Waals surface area contributed by atoms with Crippen LogP contribution in [-0.4, -0.2) is 0 Å². The summed E-state index contributed by atoms with van der Waals surface area (Å²) in [5.74, 6) is 0. The Balaban J connectivity index is 3.08. The van der Waals surface area contributed by atoms with Crippen molar-refractivity contribution in [2.24, 2.45) is 0 Å². The van der Waals surface area contributed by atoms with Crippen LogP contribution in [0, 0.1) is 0 Å². The lowest BCUT2D eigenvalue weighted by molar-refractivity contribution is 0.763. The Morgan fingerprint density at radius 1 is 0.923 bits per heavy atom. The number of rotatable bonds is 6. The highest BCUT2D eigenvalue weighted by molar-refractivity contribution is 5.94. The molecule has 0 aliphatic heterocycles. The molecule has 132 valence electrons. The van der Waals surface area contributed by atoms with Crippen LogP contribution < -0.4 is 0 Å². The minimum atomic E-state index is -0.405. The second-order valence-electron chi connectivity index (χ2n) is 6.10. The minimum Gasteiger partial charge on any atom is -0.0991 e. The van der Waals surface area contributed by atoms with E-state index >= 15 is 0 Å². The summed E-state index contributed by atoms with van der Waals surface area (Å²) in [6.07, 6.45) is 18.5. The smallest absolute Gasteiger partial charge is 0.0706 e. The topological polar surface area (TPSA) is 0 Å². The van der Waals surface area contributed by atoms with Gasteiger partial charge in [0, 0.05) is 0 Å². The molecule has 0 nitrogen and oxygen atoms in total. The van der Waals surface area contributed by atoms with Crippen LogP contribution in [0.2, 0.25) is 0 Å². The second kappa shape index (κ2) is 8.49. The van der Waals surface area contributed by atoms with Crippen molar-refractivity contribution in [3.05, 3.63) is 127 Å². The predicted octanol–water partition coefficient (Wildman–Crippen LogP) is 7.27. The molecular weight excluding hydrogens is 312 g/mol. The molecule has 0 saturated carbocycles. The molecule has 1 aliphatic rings. The quantitative estimate of drug-likeness (QED) is 0.477. The summed E-state index contributed by atoms with van der Waals surface area (Å²) in [6.45, 7) is 18.2. The van der Waals surface area contributed by atoms with E-state index in [2.05, 4.69) is 95.2 Å². The number of hydrogen-bond donors (Lipinski definition) is 0. The van der Waals surface area contributed by atoms with Gasteiger partial charge in [-0.15, -0.1) is 0 Å². The van der Waals surface area contributed by atoms with Crippen molar-refractivity contribution in [2.75, 3.05) is 0 Å². The van der Waals surface area contributed by atoms with Crippen LogP contribution in [-0.2, 0) is 5.41 Å². The first-order chi connectivity index (χ1) is 12.7. The average molecular weight is 341 g/mol. The van der Waals surface area contributed by atoms with E-state index in [1.165, 1.54) is 27.8 Å². The Bertz CT molecular complexity index is 865. The summed E-state index contributed by atoms with van der Waals surface area (Å²) in [4.78, 5) is 0. The zero-order chi connectivity index (χ0) is 19.2. The van der Waals surface area contributed by atoms with E-state index in [1.54, 1.807) is 0 Å². The van der Waals surface area contributed by atoms with E-state index < -0.39 is 5.41 Å². The molecule has 26 heavy (non-hydrogen) atoms. The van der Waals surface area contributed by atoms with E-state index in [9.17, 15) is 0 Å². The third-order valence-electron chi connectivity index (χ3n) is 5.01. The van der Waals surface area contributed by atoms with E-state index in [4.69, 9.17) is 0 Å². The van der Waals surface area contributed by atoms with Crippen molar-refractivity contribution in [1.82, 2.24) is 0 Å². The van der Waals surface area contributed by atoms with Crippen molar-refractivity contribution in [2.45, 2.75) is 26.2 Å². The third kappa shape index (κ3) is 2.82. The molecular formula is C26H28. The Labute approximate surface area is 158 Å². The molecule has 0 saturated heterocycles. The van der Waals surface area contributed by atoms with Gasteiger partial charge in [0.25, 0.3) is 0 Å². The van der Waals surface area contributed by atoms with Crippen LogP contribution in [0.5, 0.6) is 0 Å². The summed E-state index contributed by atoms with van der Waals surface area (Å²) in [6, 6.07) is 8.63. The predicted molar refractivity (Wildman–Crippen MR) is 117 cm³/mol. The fourth-order valence-electron chi connectivity index (χ4n) is 4.07. The highest BCUT2D eigenvalue weighted by Crippen LogP contribution is 2.58. The minimum absolute atomic E-state index is 0.405. The summed E-state index contributed by atoms with van der Waals surface area (Å²) in [7, 11) is 0. The van der Waals surface area contributed by atoms with Gasteiger partial charge in [0.05, 0.1) is 5.41 Å². The van der Waals surface area contributed by atoms with Crippen molar-refractivity contribution < 1.29 is 0 Å². The molecule has 1 aromatic carbocycles. The molecule has 0 radical (unpaired) electrons. The van der Waals surface area contributed by atoms with Gasteiger partial charge in [-0.3, -0.25) is 0 Å². The van der Waals surface area contributed by atoms with Gasteiger partial charge in [-0.25, -0.2) is 0 Å². The fraction of sp³-hybridized carbons (Fsp3) is 0.154. The van der Waals surface area contributed by atoms with Gasteiger partial charge >= 0.3 is 0 Å². The molecule has 0 N–H and O–H groups in total. The number of hydrogen-bond acceptors (Lipinski definition) is 0. The fourth-order valence-corrected chi connectivity index (χ4v) is 4.07. The maximum atomic E-state index is 4.12. The maximum absolute atomic E-state index is 4.12. The first kappa shape index (κ1) is 19.5. The van der Waals surface area contributed by atoms with Gasteiger partial charge in [-0.05, 0) is 54.2 Å². The van der Waals surface area contributed by atoms with Gasteiger partial charge in [0.1, 0.15) is 0 Å². The highest BCUT2D eigenvalue weighted by Gasteiger charge is 2.48. The molecule has 1 unspecified atom stereocenters. The molecule has 0 amide bonds. The van der Waals surface area contributed by atoms with E-state index in [0.29, 0.717) is 0 Å². The van der Waals surface area contributed by atoms with Crippen molar-refractivity contribution in [3.8, 4) is 0 Å². The Hall–Kier alpha value is -2.86. The summed E-state index contributed by atoms with van der Waals surface area (Å²) in [5, 5.41) is 0. The molecule has 0 fully saturated rings. The van der Waals surface area contributed by atoms with Crippen molar-refractivity contribution in [1.29, 1.82) is 0 Å². The lowest BCUT2D eigenvalue weighted by atomic mass is 9.66. The van der Waals surface area contributed by atoms with E-state index in [0.717, 1.165) is 5.57 Å². The van der Waals surface area contributed by atoms with Crippen LogP contribution in [0.15, 0.2) is 115 Å². The molecule has 0 heterocycles. The SMILES string of the molecule is C=C/C=C\C(=C/C)C1(/C(C=C)=C/C)C(=C/C=C)/C(=C\C)c2ccccc21. The lowest BCUT2D eigenvalue weighted by Crippen LogP contribution is -2.29. The Morgan fingerprint density at radius 2 is 1.62 bits per heavy atom. The molecule has 0 aromatic heterocycles. The van der Waals surface area contributed by atoms with Gasteiger partial charge in [-0.1, -0.05) is 98.7 Å². The maximum Gasteiger partial charge on any atom is 0.0706 e. The molecule has 2 rings (SSSR count). The second-order valence-corrected chi connectivity index (χ2v) is 6.10. The largest absolute Gasteiger partial charge is 0.0991 e. The number of benzene rings is 1. The van der Waals surface area contributed by atoms with Crippen LogP contribution in [0.1, 0.15) is 31.9 Å². The molecule has 1 aromatic rings. The zero-order valence-electron chi connectivity index (χ0n) is 16.1. The van der Waals surface area contributed by atoms with Crippen LogP contribution in [0.25, 0.3) is 5.57 Å². The Kier molecular flexibility index (Phi) is 6.36. The monoisotopic (exact) mass is 340 g/mol. The number of allylic oxidation sites excluding steroid dienone is 13. The average Bonchev–Trinajstić information content (AvgIpc) is 2.94. The van der Waals surface area contributed by atoms with Gasteiger partial charge in [-0.2, -0.15) is 0 Å². The van der Waals surface area contributed by atoms with Crippen LogP contribution in [0.4, 0.5) is 0 Å². The van der Waals surface area contributed by atoms with E-state index in [-0.39, 0.29) is 0 Å². The van der Waals surface area contributed by atoms with Crippen LogP contribution in [0.3, 0.4) is 0 Å². The molecule has 0 heteroatoms. The van der Waals surface area contributed by atoms with Crippen molar-refractivity contribution in [3.63, 3.8) is 0 Å². The molecule has 1 aliphatic carbocycles. The molecule has 0 spiro atoms. The van der Waals surface area contributed by atoms with Gasteiger partial charge in [0.2, 0.25) is 0 Å². The Morgan fingerprint density at radius 3 is 2.15 bits per heavy atom. The van der Waals surface area contributed by atoms with Gasteiger partial charge in [0.15, 0.2) is 0 Å². The van der Waals surface area contributed by atoms with Gasteiger partial charge < -0.3 is 0 Å². The van der Waals surface area contributed by atoms with Crippen LogP contribution >= 0.6 is 0 Å². The lowest BCUT2D eigenvalue weighted by Gasteiger charge is -2.36. The highest BCUT2D eigenvalue weighted by atomic mass is 14.5. The summed E-state index contributed by atoms with van der Waals surface area (Å²) in [5.41, 5.74) is 6.96.